The maximum Gasteiger partial charge on any atom is 0.255 e. The first kappa shape index (κ1) is 21.7. The number of pyridine rings is 2. The molecule has 32 heavy (non-hydrogen) atoms. The minimum absolute atomic E-state index is 0.00433. The minimum atomic E-state index is -0.690. The predicted octanol–water partition coefficient (Wildman–Crippen LogP) is 3.74. The molecule has 164 valence electrons. The van der Waals surface area contributed by atoms with Gasteiger partial charge in [-0.3, -0.25) is 19.6 Å². The van der Waals surface area contributed by atoms with Gasteiger partial charge in [-0.15, -0.1) is 0 Å². The largest absolute Gasteiger partial charge is 0.356 e. The van der Waals surface area contributed by atoms with Crippen molar-refractivity contribution >= 4 is 11.8 Å². The average molecular weight is 429 g/mol. The van der Waals surface area contributed by atoms with E-state index < -0.39 is 5.41 Å². The molecule has 3 heterocycles. The van der Waals surface area contributed by atoms with E-state index in [4.69, 9.17) is 0 Å². The Morgan fingerprint density at radius 3 is 2.53 bits per heavy atom. The van der Waals surface area contributed by atoms with E-state index in [1.807, 2.05) is 42.3 Å². The highest BCUT2D eigenvalue weighted by atomic mass is 16.2. The number of piperidine rings is 1. The molecule has 2 aromatic heterocycles. The Morgan fingerprint density at radius 2 is 1.81 bits per heavy atom. The van der Waals surface area contributed by atoms with E-state index in [-0.39, 0.29) is 11.8 Å². The van der Waals surface area contributed by atoms with Gasteiger partial charge in [0.25, 0.3) is 5.91 Å². The molecule has 1 aromatic carbocycles. The number of carbonyl (C=O) groups is 2. The Morgan fingerprint density at radius 1 is 1.03 bits per heavy atom. The number of hydrogen-bond donors (Lipinski definition) is 1. The summed E-state index contributed by atoms with van der Waals surface area (Å²) in [6.45, 7) is 3.50. The van der Waals surface area contributed by atoms with Crippen molar-refractivity contribution in [3.05, 3.63) is 84.4 Å². The molecule has 1 saturated heterocycles. The average Bonchev–Trinajstić information content (AvgIpc) is 2.85. The molecular weight excluding hydrogens is 400 g/mol. The Hall–Kier alpha value is -3.54. The Labute approximate surface area is 188 Å². The maximum absolute atomic E-state index is 13.4. The van der Waals surface area contributed by atoms with Gasteiger partial charge in [0.05, 0.1) is 11.0 Å². The first-order valence-electron chi connectivity index (χ1n) is 11.1. The topological polar surface area (TPSA) is 75.2 Å². The number of nitrogens with zero attached hydrogens (tertiary/aromatic N) is 3. The molecule has 0 radical (unpaired) electrons. The lowest BCUT2D eigenvalue weighted by molar-refractivity contribution is -0.133. The van der Waals surface area contributed by atoms with Crippen molar-refractivity contribution in [1.29, 1.82) is 0 Å². The Balaban J connectivity index is 1.68. The zero-order chi connectivity index (χ0) is 22.4. The van der Waals surface area contributed by atoms with Crippen LogP contribution in [0.25, 0.3) is 11.1 Å². The van der Waals surface area contributed by atoms with Crippen LogP contribution in [0.5, 0.6) is 0 Å². The van der Waals surface area contributed by atoms with E-state index in [1.165, 1.54) is 0 Å². The number of hydrogen-bond acceptors (Lipinski definition) is 4. The first-order valence-corrected chi connectivity index (χ1v) is 11.1. The highest BCUT2D eigenvalue weighted by molar-refractivity contribution is 5.94. The first-order chi connectivity index (χ1) is 15.6. The van der Waals surface area contributed by atoms with Crippen molar-refractivity contribution in [1.82, 2.24) is 20.2 Å². The number of nitrogens with one attached hydrogen (secondary N) is 1. The van der Waals surface area contributed by atoms with Gasteiger partial charge in [0.2, 0.25) is 5.91 Å². The second-order valence-electron chi connectivity index (χ2n) is 8.29. The molecule has 0 bridgehead atoms. The molecule has 6 heteroatoms. The molecule has 0 aliphatic carbocycles. The third kappa shape index (κ3) is 4.54. The molecule has 1 atom stereocenters. The van der Waals surface area contributed by atoms with E-state index in [2.05, 4.69) is 27.4 Å². The van der Waals surface area contributed by atoms with Crippen LogP contribution in [0.2, 0.25) is 0 Å². The number of benzene rings is 1. The van der Waals surface area contributed by atoms with Crippen molar-refractivity contribution in [3.8, 4) is 11.1 Å². The van der Waals surface area contributed by atoms with Gasteiger partial charge < -0.3 is 10.2 Å². The van der Waals surface area contributed by atoms with E-state index in [0.717, 1.165) is 29.5 Å². The van der Waals surface area contributed by atoms with Crippen molar-refractivity contribution < 1.29 is 9.59 Å². The van der Waals surface area contributed by atoms with E-state index in [0.29, 0.717) is 31.6 Å². The summed E-state index contributed by atoms with van der Waals surface area (Å²) in [4.78, 5) is 36.7. The van der Waals surface area contributed by atoms with Gasteiger partial charge in [-0.1, -0.05) is 30.3 Å². The number of carbonyl (C=O) groups excluding carboxylic acids is 2. The van der Waals surface area contributed by atoms with Crippen LogP contribution in [0.4, 0.5) is 0 Å². The summed E-state index contributed by atoms with van der Waals surface area (Å²) in [5, 5.41) is 3.03. The number of amides is 2. The van der Waals surface area contributed by atoms with E-state index in [1.54, 1.807) is 30.7 Å². The summed E-state index contributed by atoms with van der Waals surface area (Å²) >= 11 is 0. The molecule has 1 aliphatic heterocycles. The summed E-state index contributed by atoms with van der Waals surface area (Å²) < 4.78 is 0. The molecule has 0 saturated carbocycles. The van der Waals surface area contributed by atoms with Crippen LogP contribution in [0.3, 0.4) is 0 Å². The fraction of sp³-hybridized carbons (Fsp3) is 0.308. The van der Waals surface area contributed by atoms with E-state index in [9.17, 15) is 9.59 Å². The van der Waals surface area contributed by atoms with Crippen LogP contribution >= 0.6 is 0 Å². The Kier molecular flexibility index (Phi) is 6.59. The highest BCUT2D eigenvalue weighted by Crippen LogP contribution is 2.37. The van der Waals surface area contributed by atoms with Gasteiger partial charge in [-0.05, 0) is 55.5 Å². The quantitative estimate of drug-likeness (QED) is 0.649. The maximum atomic E-state index is 13.4. The third-order valence-electron chi connectivity index (χ3n) is 6.11. The van der Waals surface area contributed by atoms with Crippen LogP contribution in [0.15, 0.2) is 73.3 Å². The summed E-state index contributed by atoms with van der Waals surface area (Å²) in [6.07, 6.45) is 8.90. The van der Waals surface area contributed by atoms with Crippen molar-refractivity contribution in [2.75, 3.05) is 19.6 Å². The van der Waals surface area contributed by atoms with Gasteiger partial charge in [-0.2, -0.15) is 0 Å². The molecule has 4 rings (SSSR count). The molecular formula is C26H28N4O2. The fourth-order valence-corrected chi connectivity index (χ4v) is 4.58. The van der Waals surface area contributed by atoms with Crippen molar-refractivity contribution in [3.63, 3.8) is 0 Å². The molecule has 3 aromatic rings. The second kappa shape index (κ2) is 9.73. The summed E-state index contributed by atoms with van der Waals surface area (Å²) in [5.41, 5.74) is 3.04. The zero-order valence-corrected chi connectivity index (χ0v) is 18.3. The molecule has 0 spiro atoms. The highest BCUT2D eigenvalue weighted by Gasteiger charge is 2.43. The van der Waals surface area contributed by atoms with Gasteiger partial charge in [0, 0.05) is 50.0 Å². The molecule has 1 N–H and O–H groups in total. The Bertz CT molecular complexity index is 1070. The number of aromatic nitrogens is 2. The van der Waals surface area contributed by atoms with Gasteiger partial charge in [0.1, 0.15) is 0 Å². The van der Waals surface area contributed by atoms with Gasteiger partial charge in [-0.25, -0.2) is 0 Å². The normalized spacial score (nSPS) is 18.2. The van der Waals surface area contributed by atoms with Crippen molar-refractivity contribution in [2.45, 2.75) is 26.2 Å². The summed E-state index contributed by atoms with van der Waals surface area (Å²) in [7, 11) is 0. The van der Waals surface area contributed by atoms with Crippen LogP contribution < -0.4 is 5.32 Å². The smallest absolute Gasteiger partial charge is 0.255 e. The summed E-state index contributed by atoms with van der Waals surface area (Å²) in [6, 6.07) is 15.6. The van der Waals surface area contributed by atoms with Crippen LogP contribution in [0, 0.1) is 5.41 Å². The lowest BCUT2D eigenvalue weighted by atomic mass is 9.73. The number of rotatable bonds is 6. The third-order valence-corrected chi connectivity index (χ3v) is 6.11. The lowest BCUT2D eigenvalue weighted by Gasteiger charge is -2.42. The van der Waals surface area contributed by atoms with Crippen LogP contribution in [-0.2, 0) is 11.2 Å². The summed E-state index contributed by atoms with van der Waals surface area (Å²) in [5.74, 6) is -0.0725. The molecule has 6 nitrogen and oxygen atoms in total. The SMILES string of the molecule is CCNC(=O)[C@]1(Cc2ccccc2-c2cccnc2)CCCN(C(=O)c2cccnc2)C1. The molecule has 1 aliphatic rings. The minimum Gasteiger partial charge on any atom is -0.356 e. The standard InChI is InChI=1S/C26H28N4O2/c1-2-29-25(32)26(12-7-15-30(19-26)24(31)22-10-6-14-28-18-22)16-20-8-3-4-11-23(20)21-9-5-13-27-17-21/h3-6,8-11,13-14,17-18H,2,7,12,15-16,19H2,1H3,(H,29,32)/t26-/m0/s1. The molecule has 0 unspecified atom stereocenters. The van der Waals surface area contributed by atoms with Crippen molar-refractivity contribution in [2.24, 2.45) is 5.41 Å². The predicted molar refractivity (Wildman–Crippen MR) is 124 cm³/mol. The zero-order valence-electron chi connectivity index (χ0n) is 18.3. The van der Waals surface area contributed by atoms with Gasteiger partial charge >= 0.3 is 0 Å². The fourth-order valence-electron chi connectivity index (χ4n) is 4.58. The van der Waals surface area contributed by atoms with E-state index >= 15 is 0 Å². The van der Waals surface area contributed by atoms with Crippen LogP contribution in [0.1, 0.15) is 35.7 Å². The monoisotopic (exact) mass is 428 g/mol. The van der Waals surface area contributed by atoms with Gasteiger partial charge in [0.15, 0.2) is 0 Å². The lowest BCUT2D eigenvalue weighted by Crippen LogP contribution is -2.54. The molecule has 1 fully saturated rings. The second-order valence-corrected chi connectivity index (χ2v) is 8.29. The van der Waals surface area contributed by atoms with Crippen LogP contribution in [-0.4, -0.2) is 46.3 Å². The number of likely N-dealkylation sites (tertiary alicyclic amines) is 1. The molecule has 2 amide bonds.